The number of aliphatic hydroxyl groups is 1. The van der Waals surface area contributed by atoms with Crippen molar-refractivity contribution in [1.82, 2.24) is 5.32 Å². The van der Waals surface area contributed by atoms with Gasteiger partial charge in [-0.1, -0.05) is 6.08 Å². The standard InChI is InChI=1S/C15H21NO4/c1-5-8-16-15(18)11(3)20-14-9-12(19-4)6-7-13(14)10(2)17/h5-7,9-11,17H,1,8H2,2-4H3,(H,16,18). The van der Waals surface area contributed by atoms with E-state index in [1.54, 1.807) is 45.2 Å². The fraction of sp³-hybridized carbons (Fsp3) is 0.400. The summed E-state index contributed by atoms with van der Waals surface area (Å²) in [6.07, 6.45) is 0.219. The Balaban J connectivity index is 2.88. The minimum Gasteiger partial charge on any atom is -0.497 e. The van der Waals surface area contributed by atoms with E-state index in [4.69, 9.17) is 9.47 Å². The van der Waals surface area contributed by atoms with Crippen molar-refractivity contribution in [3.8, 4) is 11.5 Å². The SMILES string of the molecule is C=CCNC(=O)C(C)Oc1cc(OC)ccc1C(C)O. The minimum absolute atomic E-state index is 0.246. The first kappa shape index (κ1) is 16.0. The fourth-order valence-electron chi connectivity index (χ4n) is 1.65. The average Bonchev–Trinajstić information content (AvgIpc) is 2.44. The number of amides is 1. The lowest BCUT2D eigenvalue weighted by molar-refractivity contribution is -0.127. The van der Waals surface area contributed by atoms with Crippen LogP contribution in [0.3, 0.4) is 0 Å². The highest BCUT2D eigenvalue weighted by atomic mass is 16.5. The Morgan fingerprint density at radius 2 is 2.20 bits per heavy atom. The van der Waals surface area contributed by atoms with Crippen LogP contribution in [0.4, 0.5) is 0 Å². The normalized spacial score (nSPS) is 13.2. The van der Waals surface area contributed by atoms with Crippen LogP contribution in [0, 0.1) is 0 Å². The van der Waals surface area contributed by atoms with E-state index < -0.39 is 12.2 Å². The Labute approximate surface area is 119 Å². The van der Waals surface area contributed by atoms with Crippen molar-refractivity contribution in [3.63, 3.8) is 0 Å². The summed E-state index contributed by atoms with van der Waals surface area (Å²) in [4.78, 5) is 11.8. The molecule has 1 aromatic carbocycles. The molecule has 0 bridgehead atoms. The van der Waals surface area contributed by atoms with Gasteiger partial charge in [-0.3, -0.25) is 4.79 Å². The molecule has 2 N–H and O–H groups in total. The fourth-order valence-corrected chi connectivity index (χ4v) is 1.65. The van der Waals surface area contributed by atoms with Gasteiger partial charge in [0.25, 0.3) is 5.91 Å². The van der Waals surface area contributed by atoms with Crippen molar-refractivity contribution in [2.24, 2.45) is 0 Å². The van der Waals surface area contributed by atoms with Gasteiger partial charge < -0.3 is 19.9 Å². The van der Waals surface area contributed by atoms with Gasteiger partial charge in [-0.2, -0.15) is 0 Å². The first-order chi connectivity index (χ1) is 9.49. The number of benzene rings is 1. The zero-order chi connectivity index (χ0) is 15.1. The highest BCUT2D eigenvalue weighted by Gasteiger charge is 2.18. The molecule has 2 atom stereocenters. The van der Waals surface area contributed by atoms with Gasteiger partial charge in [-0.25, -0.2) is 0 Å². The van der Waals surface area contributed by atoms with Gasteiger partial charge >= 0.3 is 0 Å². The number of carbonyl (C=O) groups excluding carboxylic acids is 1. The summed E-state index contributed by atoms with van der Waals surface area (Å²) >= 11 is 0. The van der Waals surface area contributed by atoms with Gasteiger partial charge in [0.2, 0.25) is 0 Å². The largest absolute Gasteiger partial charge is 0.497 e. The van der Waals surface area contributed by atoms with Crippen LogP contribution in [-0.2, 0) is 4.79 Å². The predicted molar refractivity (Wildman–Crippen MR) is 76.9 cm³/mol. The van der Waals surface area contributed by atoms with Crippen LogP contribution in [0.2, 0.25) is 0 Å². The molecule has 5 heteroatoms. The molecular formula is C15H21NO4. The number of hydrogen-bond donors (Lipinski definition) is 2. The quantitative estimate of drug-likeness (QED) is 0.747. The molecule has 2 unspecified atom stereocenters. The Bertz CT molecular complexity index is 471. The van der Waals surface area contributed by atoms with Crippen molar-refractivity contribution in [2.45, 2.75) is 26.1 Å². The van der Waals surface area contributed by atoms with Gasteiger partial charge in [0.05, 0.1) is 13.2 Å². The van der Waals surface area contributed by atoms with Crippen molar-refractivity contribution >= 4 is 5.91 Å². The lowest BCUT2D eigenvalue weighted by atomic mass is 10.1. The average molecular weight is 279 g/mol. The molecule has 0 heterocycles. The smallest absolute Gasteiger partial charge is 0.261 e. The maximum Gasteiger partial charge on any atom is 0.261 e. The predicted octanol–water partition coefficient (Wildman–Crippen LogP) is 1.82. The molecule has 1 aromatic rings. The molecule has 0 saturated carbocycles. The van der Waals surface area contributed by atoms with Crippen molar-refractivity contribution in [3.05, 3.63) is 36.4 Å². The number of rotatable bonds is 7. The molecule has 5 nitrogen and oxygen atoms in total. The lowest BCUT2D eigenvalue weighted by Crippen LogP contribution is -2.36. The molecule has 1 rings (SSSR count). The molecule has 0 aliphatic carbocycles. The highest BCUT2D eigenvalue weighted by Crippen LogP contribution is 2.30. The van der Waals surface area contributed by atoms with Gasteiger partial charge in [-0.15, -0.1) is 6.58 Å². The van der Waals surface area contributed by atoms with Crippen molar-refractivity contribution in [1.29, 1.82) is 0 Å². The third kappa shape index (κ3) is 4.28. The van der Waals surface area contributed by atoms with Gasteiger partial charge in [0, 0.05) is 18.2 Å². The molecule has 0 saturated heterocycles. The van der Waals surface area contributed by atoms with Crippen LogP contribution >= 0.6 is 0 Å². The zero-order valence-corrected chi connectivity index (χ0v) is 12.1. The Hall–Kier alpha value is -2.01. The van der Waals surface area contributed by atoms with E-state index in [1.165, 1.54) is 0 Å². The summed E-state index contributed by atoms with van der Waals surface area (Å²) in [5.41, 5.74) is 0.606. The second-order valence-corrected chi connectivity index (χ2v) is 4.37. The lowest BCUT2D eigenvalue weighted by Gasteiger charge is -2.18. The summed E-state index contributed by atoms with van der Waals surface area (Å²) in [5, 5.41) is 12.4. The van der Waals surface area contributed by atoms with E-state index in [0.717, 1.165) is 0 Å². The van der Waals surface area contributed by atoms with Crippen LogP contribution < -0.4 is 14.8 Å². The molecule has 0 aliphatic rings. The summed E-state index contributed by atoms with van der Waals surface area (Å²) in [6, 6.07) is 5.10. The van der Waals surface area contributed by atoms with Crippen molar-refractivity contribution < 1.29 is 19.4 Å². The molecule has 0 radical (unpaired) electrons. The Morgan fingerprint density at radius 3 is 2.75 bits per heavy atom. The summed E-state index contributed by atoms with van der Waals surface area (Å²) < 4.78 is 10.7. The molecule has 0 spiro atoms. The number of methoxy groups -OCH3 is 1. The van der Waals surface area contributed by atoms with E-state index in [2.05, 4.69) is 11.9 Å². The Morgan fingerprint density at radius 1 is 1.50 bits per heavy atom. The second-order valence-electron chi connectivity index (χ2n) is 4.37. The molecule has 20 heavy (non-hydrogen) atoms. The summed E-state index contributed by atoms with van der Waals surface area (Å²) in [7, 11) is 1.54. The van der Waals surface area contributed by atoms with Crippen LogP contribution in [0.25, 0.3) is 0 Å². The molecule has 0 aliphatic heterocycles. The van der Waals surface area contributed by atoms with Crippen LogP contribution in [-0.4, -0.2) is 30.8 Å². The number of carbonyl (C=O) groups is 1. The summed E-state index contributed by atoms with van der Waals surface area (Å²) in [6.45, 7) is 7.19. The topological polar surface area (TPSA) is 67.8 Å². The third-order valence-corrected chi connectivity index (χ3v) is 2.76. The third-order valence-electron chi connectivity index (χ3n) is 2.76. The molecule has 0 aromatic heterocycles. The van der Waals surface area contributed by atoms with E-state index in [1.807, 2.05) is 0 Å². The maximum atomic E-state index is 11.8. The van der Waals surface area contributed by atoms with E-state index in [-0.39, 0.29) is 5.91 Å². The van der Waals surface area contributed by atoms with Crippen LogP contribution in [0.1, 0.15) is 25.5 Å². The molecule has 110 valence electrons. The van der Waals surface area contributed by atoms with Crippen LogP contribution in [0.15, 0.2) is 30.9 Å². The van der Waals surface area contributed by atoms with Gasteiger partial charge in [0.1, 0.15) is 11.5 Å². The number of hydrogen-bond acceptors (Lipinski definition) is 4. The van der Waals surface area contributed by atoms with Gasteiger partial charge in [0.15, 0.2) is 6.10 Å². The second kappa shape index (κ2) is 7.55. The number of nitrogens with one attached hydrogen (secondary N) is 1. The minimum atomic E-state index is -0.695. The number of aliphatic hydroxyl groups excluding tert-OH is 1. The summed E-state index contributed by atoms with van der Waals surface area (Å²) in [5.74, 6) is 0.785. The molecule has 0 fully saturated rings. The number of ether oxygens (including phenoxy) is 2. The molecule has 1 amide bonds. The van der Waals surface area contributed by atoms with E-state index in [0.29, 0.717) is 23.6 Å². The van der Waals surface area contributed by atoms with Gasteiger partial charge in [-0.05, 0) is 26.0 Å². The monoisotopic (exact) mass is 279 g/mol. The first-order valence-electron chi connectivity index (χ1n) is 6.40. The van der Waals surface area contributed by atoms with E-state index >= 15 is 0 Å². The van der Waals surface area contributed by atoms with Crippen molar-refractivity contribution in [2.75, 3.05) is 13.7 Å². The maximum absolute atomic E-state index is 11.8. The van der Waals surface area contributed by atoms with Crippen LogP contribution in [0.5, 0.6) is 11.5 Å². The first-order valence-corrected chi connectivity index (χ1v) is 6.40. The van der Waals surface area contributed by atoms with E-state index in [9.17, 15) is 9.90 Å². The highest BCUT2D eigenvalue weighted by molar-refractivity contribution is 5.80. The zero-order valence-electron chi connectivity index (χ0n) is 12.1. The molecular weight excluding hydrogens is 258 g/mol. The Kier molecular flexibility index (Phi) is 6.06.